The fraction of sp³-hybridized carbons (Fsp3) is 0.462. The first-order valence-electron chi connectivity index (χ1n) is 11.6. The highest BCUT2D eigenvalue weighted by atomic mass is 16.6. The van der Waals surface area contributed by atoms with Crippen LogP contribution in [0.1, 0.15) is 52.5 Å². The zero-order valence-corrected chi connectivity index (χ0v) is 20.9. The van der Waals surface area contributed by atoms with Crippen molar-refractivity contribution in [2.75, 3.05) is 20.3 Å². The number of ketones is 1. The summed E-state index contributed by atoms with van der Waals surface area (Å²) in [6.45, 7) is 8.80. The molecule has 0 unspecified atom stereocenters. The van der Waals surface area contributed by atoms with Crippen LogP contribution >= 0.6 is 0 Å². The predicted octanol–water partition coefficient (Wildman–Crippen LogP) is 3.19. The quantitative estimate of drug-likeness (QED) is 0.353. The van der Waals surface area contributed by atoms with Crippen molar-refractivity contribution >= 4 is 23.7 Å². The van der Waals surface area contributed by atoms with Gasteiger partial charge in [0.25, 0.3) is 0 Å². The number of carbonyl (C=O) groups excluding carboxylic acids is 4. The van der Waals surface area contributed by atoms with Gasteiger partial charge in [-0.05, 0) is 50.8 Å². The van der Waals surface area contributed by atoms with Crippen LogP contribution in [0, 0.1) is 11.8 Å². The lowest BCUT2D eigenvalue weighted by molar-refractivity contribution is -0.151. The maximum atomic E-state index is 13.7. The Bertz CT molecular complexity index is 1120. The Hall–Kier alpha value is -3.62. The molecule has 3 atom stereocenters. The number of ether oxygens (including phenoxy) is 4. The average Bonchev–Trinajstić information content (AvgIpc) is 2.79. The first-order chi connectivity index (χ1) is 16.6. The maximum absolute atomic E-state index is 13.7. The molecule has 0 saturated heterocycles. The second-order valence-corrected chi connectivity index (χ2v) is 8.49. The largest absolute Gasteiger partial charge is 0.490 e. The van der Waals surface area contributed by atoms with Gasteiger partial charge in [0.2, 0.25) is 0 Å². The number of allylic oxidation sites excluding steroid dienone is 3. The fourth-order valence-electron chi connectivity index (χ4n) is 4.70. The minimum absolute atomic E-state index is 0.152. The Morgan fingerprint density at radius 3 is 2.43 bits per heavy atom. The van der Waals surface area contributed by atoms with E-state index in [1.54, 1.807) is 39.0 Å². The molecule has 1 aromatic carbocycles. The van der Waals surface area contributed by atoms with Crippen molar-refractivity contribution in [2.24, 2.45) is 11.8 Å². The normalized spacial score (nSPS) is 21.7. The highest BCUT2D eigenvalue weighted by Gasteiger charge is 2.47. The molecule has 2 aliphatic rings. The van der Waals surface area contributed by atoms with E-state index in [-0.39, 0.29) is 23.8 Å². The molecule has 1 aliphatic heterocycles. The highest BCUT2D eigenvalue weighted by Crippen LogP contribution is 2.46. The Morgan fingerprint density at radius 2 is 1.83 bits per heavy atom. The van der Waals surface area contributed by atoms with Gasteiger partial charge in [-0.2, -0.15) is 0 Å². The highest BCUT2D eigenvalue weighted by molar-refractivity contribution is 6.12. The summed E-state index contributed by atoms with van der Waals surface area (Å²) in [4.78, 5) is 50.9. The summed E-state index contributed by atoms with van der Waals surface area (Å²) in [5.74, 6) is -3.67. The first kappa shape index (κ1) is 26.0. The summed E-state index contributed by atoms with van der Waals surface area (Å²) in [6, 6.07) is 4.88. The molecule has 0 saturated carbocycles. The van der Waals surface area contributed by atoms with Gasteiger partial charge in [0.15, 0.2) is 17.3 Å². The van der Waals surface area contributed by atoms with Gasteiger partial charge in [0.1, 0.15) is 5.92 Å². The monoisotopic (exact) mass is 485 g/mol. The van der Waals surface area contributed by atoms with Gasteiger partial charge in [0, 0.05) is 29.8 Å². The molecule has 1 N–H and O–H groups in total. The number of rotatable bonds is 7. The van der Waals surface area contributed by atoms with Crippen LogP contribution in [0.4, 0.5) is 0 Å². The number of carbonyl (C=O) groups is 4. The topological polar surface area (TPSA) is 117 Å². The molecule has 0 aromatic heterocycles. The van der Waals surface area contributed by atoms with E-state index in [9.17, 15) is 19.2 Å². The SMILES string of the molecule is CCOC(=O)C1=C(C)NC2=C(C(=O)[C@H](C(=O)OC)[C@H](C)C2)[C@@H]1c1ccc(OC(C)=O)c(OCC)c1. The first-order valence-corrected chi connectivity index (χ1v) is 11.6. The lowest BCUT2D eigenvalue weighted by Gasteiger charge is -2.38. The van der Waals surface area contributed by atoms with Crippen molar-refractivity contribution in [1.29, 1.82) is 0 Å². The second-order valence-electron chi connectivity index (χ2n) is 8.49. The van der Waals surface area contributed by atoms with Gasteiger partial charge < -0.3 is 24.3 Å². The van der Waals surface area contributed by atoms with Crippen molar-refractivity contribution in [2.45, 2.75) is 47.0 Å². The molecular formula is C26H31NO8. The van der Waals surface area contributed by atoms with Crippen LogP contribution < -0.4 is 14.8 Å². The minimum atomic E-state index is -0.989. The molecule has 35 heavy (non-hydrogen) atoms. The Balaban J connectivity index is 2.22. The van der Waals surface area contributed by atoms with Crippen molar-refractivity contribution in [3.8, 4) is 11.5 Å². The molecule has 0 bridgehead atoms. The molecule has 188 valence electrons. The molecule has 0 amide bonds. The van der Waals surface area contributed by atoms with Crippen LogP contribution in [0.25, 0.3) is 0 Å². The van der Waals surface area contributed by atoms with E-state index in [0.29, 0.717) is 41.3 Å². The van der Waals surface area contributed by atoms with Crippen LogP contribution in [-0.4, -0.2) is 44.0 Å². The van der Waals surface area contributed by atoms with E-state index < -0.39 is 35.5 Å². The van der Waals surface area contributed by atoms with Crippen molar-refractivity contribution in [3.63, 3.8) is 0 Å². The van der Waals surface area contributed by atoms with Crippen LogP contribution in [0.3, 0.4) is 0 Å². The number of esters is 3. The van der Waals surface area contributed by atoms with Crippen molar-refractivity contribution in [3.05, 3.63) is 46.3 Å². The van der Waals surface area contributed by atoms with Crippen LogP contribution in [0.15, 0.2) is 40.7 Å². The Labute approximate surface area is 204 Å². The van der Waals surface area contributed by atoms with Gasteiger partial charge >= 0.3 is 17.9 Å². The van der Waals surface area contributed by atoms with E-state index in [2.05, 4.69) is 5.32 Å². The predicted molar refractivity (Wildman–Crippen MR) is 125 cm³/mol. The molecule has 0 fully saturated rings. The summed E-state index contributed by atoms with van der Waals surface area (Å²) in [5.41, 5.74) is 2.35. The van der Waals surface area contributed by atoms with Gasteiger partial charge in [-0.25, -0.2) is 4.79 Å². The van der Waals surface area contributed by atoms with E-state index in [0.717, 1.165) is 0 Å². The molecule has 0 spiro atoms. The summed E-state index contributed by atoms with van der Waals surface area (Å²) in [6.07, 6.45) is 0.425. The minimum Gasteiger partial charge on any atom is -0.490 e. The number of hydrogen-bond acceptors (Lipinski definition) is 9. The lowest BCUT2D eigenvalue weighted by Crippen LogP contribution is -2.43. The number of Topliss-reactive ketones (excluding diaryl/α,β-unsaturated/α-hetero) is 1. The maximum Gasteiger partial charge on any atom is 0.336 e. The molecule has 9 nitrogen and oxygen atoms in total. The van der Waals surface area contributed by atoms with E-state index in [1.165, 1.54) is 14.0 Å². The van der Waals surface area contributed by atoms with Gasteiger partial charge in [0.05, 0.1) is 25.9 Å². The average molecular weight is 486 g/mol. The van der Waals surface area contributed by atoms with Crippen molar-refractivity contribution < 1.29 is 38.1 Å². The standard InChI is InChI=1S/C26H31NO8/c1-7-33-19-12-16(9-10-18(19)35-15(5)28)22-21(26(31)34-8-2)14(4)27-17-11-13(3)20(25(30)32-6)24(29)23(17)22/h9-10,12-13,20,22,27H,7-8,11H2,1-6H3/t13-,20-,22-/m1/s1. The van der Waals surface area contributed by atoms with E-state index in [1.807, 2.05) is 6.92 Å². The fourth-order valence-corrected chi connectivity index (χ4v) is 4.70. The number of dihydropyridines is 1. The molecule has 1 aliphatic carbocycles. The number of methoxy groups -OCH3 is 1. The van der Waals surface area contributed by atoms with E-state index in [4.69, 9.17) is 18.9 Å². The molecule has 1 heterocycles. The molecule has 9 heteroatoms. The summed E-state index contributed by atoms with van der Waals surface area (Å²) < 4.78 is 21.2. The lowest BCUT2D eigenvalue weighted by atomic mass is 9.69. The van der Waals surface area contributed by atoms with Gasteiger partial charge in [-0.1, -0.05) is 13.0 Å². The molecular weight excluding hydrogens is 454 g/mol. The van der Waals surface area contributed by atoms with Crippen molar-refractivity contribution in [1.82, 2.24) is 5.32 Å². The zero-order chi connectivity index (χ0) is 25.9. The van der Waals surface area contributed by atoms with Gasteiger partial charge in [-0.3, -0.25) is 14.4 Å². The zero-order valence-electron chi connectivity index (χ0n) is 20.9. The Morgan fingerprint density at radius 1 is 1.11 bits per heavy atom. The van der Waals surface area contributed by atoms with E-state index >= 15 is 0 Å². The third-order valence-corrected chi connectivity index (χ3v) is 6.09. The van der Waals surface area contributed by atoms with Crippen LogP contribution in [0.5, 0.6) is 11.5 Å². The molecule has 0 radical (unpaired) electrons. The Kier molecular flexibility index (Phi) is 7.99. The van der Waals surface area contributed by atoms with Gasteiger partial charge in [-0.15, -0.1) is 0 Å². The number of hydrogen-bond donors (Lipinski definition) is 1. The third kappa shape index (κ3) is 5.08. The summed E-state index contributed by atoms with van der Waals surface area (Å²) >= 11 is 0. The number of nitrogens with one attached hydrogen (secondary N) is 1. The van der Waals surface area contributed by atoms with Crippen LogP contribution in [-0.2, 0) is 28.7 Å². The number of benzene rings is 1. The molecule has 1 aromatic rings. The third-order valence-electron chi connectivity index (χ3n) is 6.09. The molecule has 3 rings (SSSR count). The van der Waals surface area contributed by atoms with Crippen LogP contribution in [0.2, 0.25) is 0 Å². The smallest absolute Gasteiger partial charge is 0.336 e. The summed E-state index contributed by atoms with van der Waals surface area (Å²) in [7, 11) is 1.25. The second kappa shape index (κ2) is 10.8. The summed E-state index contributed by atoms with van der Waals surface area (Å²) in [5, 5.41) is 3.21.